The minimum absolute atomic E-state index is 0.149. The third-order valence-electron chi connectivity index (χ3n) is 3.19. The predicted octanol–water partition coefficient (Wildman–Crippen LogP) is 3.17. The Bertz CT molecular complexity index is 547. The Balaban J connectivity index is 2.29. The second-order valence-corrected chi connectivity index (χ2v) is 4.86. The molecule has 0 fully saturated rings. The Hall–Kier alpha value is -2.20. The van der Waals surface area contributed by atoms with Crippen molar-refractivity contribution in [3.8, 4) is 17.2 Å². The maximum Gasteiger partial charge on any atom is 0.138 e. The van der Waals surface area contributed by atoms with Gasteiger partial charge in [-0.15, -0.1) is 0 Å². The number of benzene rings is 2. The molecule has 4 nitrogen and oxygen atoms in total. The summed E-state index contributed by atoms with van der Waals surface area (Å²) in [5.74, 6) is 2.03. The molecule has 0 saturated heterocycles. The van der Waals surface area contributed by atoms with Crippen molar-refractivity contribution in [3.05, 3.63) is 54.1 Å². The van der Waals surface area contributed by atoms with Gasteiger partial charge in [-0.3, -0.25) is 0 Å². The molecule has 2 atom stereocenters. The molecule has 0 heterocycles. The van der Waals surface area contributed by atoms with E-state index in [1.165, 1.54) is 0 Å². The molecule has 0 aliphatic carbocycles. The summed E-state index contributed by atoms with van der Waals surface area (Å²) in [6, 6.07) is 15.2. The average Bonchev–Trinajstić information content (AvgIpc) is 2.52. The molecule has 0 aromatic heterocycles. The molecular formula is C17H21NO3. The van der Waals surface area contributed by atoms with E-state index in [9.17, 15) is 0 Å². The van der Waals surface area contributed by atoms with Crippen molar-refractivity contribution in [2.45, 2.75) is 19.1 Å². The molecule has 2 aromatic carbocycles. The van der Waals surface area contributed by atoms with Crippen LogP contribution in [0.2, 0.25) is 0 Å². The maximum absolute atomic E-state index is 6.07. The third kappa shape index (κ3) is 3.89. The summed E-state index contributed by atoms with van der Waals surface area (Å²) in [5, 5.41) is 0. The van der Waals surface area contributed by atoms with Gasteiger partial charge in [0.1, 0.15) is 23.4 Å². The molecule has 112 valence electrons. The van der Waals surface area contributed by atoms with Gasteiger partial charge >= 0.3 is 0 Å². The molecule has 0 spiro atoms. The van der Waals surface area contributed by atoms with Crippen LogP contribution in [0.15, 0.2) is 48.5 Å². The molecule has 4 heteroatoms. The van der Waals surface area contributed by atoms with Crippen LogP contribution in [-0.2, 0) is 0 Å². The van der Waals surface area contributed by atoms with Crippen molar-refractivity contribution in [3.63, 3.8) is 0 Å². The first-order chi connectivity index (χ1) is 10.1. The lowest BCUT2D eigenvalue weighted by atomic mass is 10.0. The van der Waals surface area contributed by atoms with Crippen LogP contribution in [0.1, 0.15) is 18.6 Å². The number of rotatable bonds is 6. The van der Waals surface area contributed by atoms with Gasteiger partial charge in [-0.25, -0.2) is 0 Å². The highest BCUT2D eigenvalue weighted by atomic mass is 16.5. The summed E-state index contributed by atoms with van der Waals surface area (Å²) >= 11 is 0. The fraction of sp³-hybridized carbons (Fsp3) is 0.294. The van der Waals surface area contributed by atoms with Crippen molar-refractivity contribution < 1.29 is 14.2 Å². The number of hydrogen-bond acceptors (Lipinski definition) is 4. The zero-order valence-corrected chi connectivity index (χ0v) is 12.6. The Kier molecular flexibility index (Phi) is 5.06. The van der Waals surface area contributed by atoms with Gasteiger partial charge in [-0.05, 0) is 12.5 Å². The standard InChI is InChI=1S/C17H21NO3/c1-12(18)17(13-7-5-4-6-8-13)21-16-10-14(19-2)9-15(11-16)20-3/h4-12,17H,18H2,1-3H3. The number of ether oxygens (including phenoxy) is 3. The van der Waals surface area contributed by atoms with Crippen LogP contribution in [0.25, 0.3) is 0 Å². The second kappa shape index (κ2) is 6.99. The van der Waals surface area contributed by atoms with Crippen LogP contribution in [0.4, 0.5) is 0 Å². The van der Waals surface area contributed by atoms with Gasteiger partial charge < -0.3 is 19.9 Å². The quantitative estimate of drug-likeness (QED) is 0.886. The van der Waals surface area contributed by atoms with Gasteiger partial charge in [0.15, 0.2) is 0 Å². The SMILES string of the molecule is COc1cc(OC)cc(OC(c2ccccc2)C(C)N)c1. The summed E-state index contributed by atoms with van der Waals surface area (Å²) < 4.78 is 16.6. The predicted molar refractivity (Wildman–Crippen MR) is 83.0 cm³/mol. The molecule has 0 aliphatic heterocycles. The summed E-state index contributed by atoms with van der Waals surface area (Å²) in [5.41, 5.74) is 7.11. The number of nitrogens with two attached hydrogens (primary N) is 1. The Morgan fingerprint density at radius 3 is 1.86 bits per heavy atom. The highest BCUT2D eigenvalue weighted by Crippen LogP contribution is 2.31. The summed E-state index contributed by atoms with van der Waals surface area (Å²) in [6.45, 7) is 1.93. The molecule has 0 saturated carbocycles. The summed E-state index contributed by atoms with van der Waals surface area (Å²) in [6.07, 6.45) is -0.233. The van der Waals surface area contributed by atoms with Gasteiger partial charge in [0.25, 0.3) is 0 Å². The molecule has 2 N–H and O–H groups in total. The summed E-state index contributed by atoms with van der Waals surface area (Å²) in [7, 11) is 3.22. The van der Waals surface area contributed by atoms with Gasteiger partial charge in [-0.1, -0.05) is 30.3 Å². The van der Waals surface area contributed by atoms with Crippen LogP contribution >= 0.6 is 0 Å². The van der Waals surface area contributed by atoms with E-state index >= 15 is 0 Å². The van der Waals surface area contributed by atoms with Gasteiger partial charge in [0, 0.05) is 24.2 Å². The van der Waals surface area contributed by atoms with Gasteiger partial charge in [0.2, 0.25) is 0 Å². The largest absolute Gasteiger partial charge is 0.496 e. The highest BCUT2D eigenvalue weighted by Gasteiger charge is 2.18. The summed E-state index contributed by atoms with van der Waals surface area (Å²) in [4.78, 5) is 0. The number of hydrogen-bond donors (Lipinski definition) is 1. The minimum atomic E-state index is -0.233. The molecular weight excluding hydrogens is 266 g/mol. The lowest BCUT2D eigenvalue weighted by Gasteiger charge is -2.23. The van der Waals surface area contributed by atoms with E-state index in [1.54, 1.807) is 20.3 Å². The van der Waals surface area contributed by atoms with Crippen LogP contribution in [-0.4, -0.2) is 20.3 Å². The third-order valence-corrected chi connectivity index (χ3v) is 3.19. The van der Waals surface area contributed by atoms with Crippen LogP contribution in [0, 0.1) is 0 Å². The molecule has 2 rings (SSSR count). The van der Waals surface area contributed by atoms with Crippen molar-refractivity contribution in [2.75, 3.05) is 14.2 Å². The molecule has 21 heavy (non-hydrogen) atoms. The molecule has 0 amide bonds. The van der Waals surface area contributed by atoms with E-state index < -0.39 is 0 Å². The molecule has 2 unspecified atom stereocenters. The average molecular weight is 287 g/mol. The van der Waals surface area contributed by atoms with Gasteiger partial charge in [0.05, 0.1) is 14.2 Å². The first kappa shape index (κ1) is 15.2. The zero-order valence-electron chi connectivity index (χ0n) is 12.6. The van der Waals surface area contributed by atoms with Crippen molar-refractivity contribution in [1.29, 1.82) is 0 Å². The van der Waals surface area contributed by atoms with Crippen molar-refractivity contribution in [2.24, 2.45) is 5.73 Å². The Morgan fingerprint density at radius 2 is 1.38 bits per heavy atom. The van der Waals surface area contributed by atoms with E-state index in [0.717, 1.165) is 5.56 Å². The van der Waals surface area contributed by atoms with E-state index in [0.29, 0.717) is 17.2 Å². The minimum Gasteiger partial charge on any atom is -0.496 e. The van der Waals surface area contributed by atoms with Gasteiger partial charge in [-0.2, -0.15) is 0 Å². The number of methoxy groups -OCH3 is 2. The van der Waals surface area contributed by atoms with E-state index in [4.69, 9.17) is 19.9 Å². The monoisotopic (exact) mass is 287 g/mol. The van der Waals surface area contributed by atoms with Crippen LogP contribution in [0.5, 0.6) is 17.2 Å². The van der Waals surface area contributed by atoms with E-state index in [2.05, 4.69) is 0 Å². The zero-order chi connectivity index (χ0) is 15.2. The first-order valence-electron chi connectivity index (χ1n) is 6.84. The van der Waals surface area contributed by atoms with Crippen molar-refractivity contribution >= 4 is 0 Å². The maximum atomic E-state index is 6.07. The van der Waals surface area contributed by atoms with Crippen molar-refractivity contribution in [1.82, 2.24) is 0 Å². The normalized spacial score (nSPS) is 13.3. The topological polar surface area (TPSA) is 53.7 Å². The molecule has 0 aliphatic rings. The Labute approximate surface area is 125 Å². The highest BCUT2D eigenvalue weighted by molar-refractivity contribution is 5.42. The lowest BCUT2D eigenvalue weighted by molar-refractivity contribution is 0.179. The van der Waals surface area contributed by atoms with Crippen LogP contribution in [0.3, 0.4) is 0 Å². The van der Waals surface area contributed by atoms with Crippen LogP contribution < -0.4 is 19.9 Å². The first-order valence-corrected chi connectivity index (χ1v) is 6.84. The lowest BCUT2D eigenvalue weighted by Crippen LogP contribution is -2.29. The molecule has 0 bridgehead atoms. The Morgan fingerprint density at radius 1 is 0.857 bits per heavy atom. The molecule has 0 radical (unpaired) electrons. The van der Waals surface area contributed by atoms with E-state index in [-0.39, 0.29) is 12.1 Å². The smallest absolute Gasteiger partial charge is 0.138 e. The fourth-order valence-corrected chi connectivity index (χ4v) is 2.12. The van der Waals surface area contributed by atoms with E-state index in [1.807, 2.05) is 49.4 Å². The second-order valence-electron chi connectivity index (χ2n) is 4.86. The molecule has 2 aromatic rings. The fourth-order valence-electron chi connectivity index (χ4n) is 2.12.